The molecule has 0 amide bonds. The normalized spacial score (nSPS) is 14.0. The number of phosphoric ester groups is 2. The van der Waals surface area contributed by atoms with E-state index in [1.54, 1.807) is 0 Å². The lowest BCUT2D eigenvalue weighted by Gasteiger charge is -2.21. The molecule has 0 saturated carbocycles. The summed E-state index contributed by atoms with van der Waals surface area (Å²) in [7, 11) is -9.91. The van der Waals surface area contributed by atoms with Crippen molar-refractivity contribution in [2.24, 2.45) is 17.8 Å². The maximum atomic E-state index is 13.1. The van der Waals surface area contributed by atoms with E-state index in [0.717, 1.165) is 102 Å². The first-order valence-electron chi connectivity index (χ1n) is 40.3. The van der Waals surface area contributed by atoms with E-state index in [1.165, 1.54) is 212 Å². The van der Waals surface area contributed by atoms with Gasteiger partial charge in [0.15, 0.2) is 12.2 Å². The predicted octanol–water partition coefficient (Wildman–Crippen LogP) is 23.0. The number of carbonyl (C=O) groups excluding carboxylic acids is 4. The molecule has 0 aliphatic carbocycles. The summed E-state index contributed by atoms with van der Waals surface area (Å²) < 4.78 is 68.5. The third-order valence-electron chi connectivity index (χ3n) is 18.1. The van der Waals surface area contributed by atoms with Crippen LogP contribution in [0.1, 0.15) is 402 Å². The van der Waals surface area contributed by atoms with E-state index < -0.39 is 97.5 Å². The van der Waals surface area contributed by atoms with E-state index in [4.69, 9.17) is 37.0 Å². The van der Waals surface area contributed by atoms with Crippen LogP contribution in [0.25, 0.3) is 0 Å². The highest BCUT2D eigenvalue weighted by atomic mass is 31.2. The van der Waals surface area contributed by atoms with Crippen molar-refractivity contribution in [3.63, 3.8) is 0 Å². The van der Waals surface area contributed by atoms with Crippen molar-refractivity contribution in [1.82, 2.24) is 0 Å². The number of hydrogen-bond donors (Lipinski definition) is 3. The van der Waals surface area contributed by atoms with Crippen molar-refractivity contribution >= 4 is 39.5 Å². The molecule has 0 saturated heterocycles. The quantitative estimate of drug-likeness (QED) is 0.0222. The van der Waals surface area contributed by atoms with Crippen molar-refractivity contribution in [3.05, 3.63) is 0 Å². The summed E-state index contributed by atoms with van der Waals surface area (Å²) in [4.78, 5) is 72.8. The zero-order chi connectivity index (χ0) is 71.6. The molecule has 0 aromatic carbocycles. The van der Waals surface area contributed by atoms with Gasteiger partial charge in [-0.1, -0.05) is 350 Å². The molecule has 0 aromatic heterocycles. The van der Waals surface area contributed by atoms with Crippen molar-refractivity contribution in [2.45, 2.75) is 420 Å². The molecule has 97 heavy (non-hydrogen) atoms. The van der Waals surface area contributed by atoms with Gasteiger partial charge in [-0.15, -0.1) is 0 Å². The fourth-order valence-electron chi connectivity index (χ4n) is 12.0. The molecule has 19 heteroatoms. The van der Waals surface area contributed by atoms with Crippen LogP contribution in [0.5, 0.6) is 0 Å². The van der Waals surface area contributed by atoms with Crippen molar-refractivity contribution in [1.29, 1.82) is 0 Å². The van der Waals surface area contributed by atoms with Gasteiger partial charge in [-0.05, 0) is 43.4 Å². The third-order valence-corrected chi connectivity index (χ3v) is 20.0. The van der Waals surface area contributed by atoms with Gasteiger partial charge >= 0.3 is 39.5 Å². The average Bonchev–Trinajstić information content (AvgIpc) is 0.972. The Hall–Kier alpha value is -1.94. The standard InChI is InChI=1S/C78H152O17P2/c1-8-9-10-11-12-13-31-38-45-52-59-75(80)88-66-74(95-78(83)62-55-48-41-34-37-44-51-58-71(6)7)68-93-97(86,87)91-64-72(79)63-90-96(84,85)92-67-73(65-89-76(81)60-53-46-39-32-27-23-20-16-18-22-26-30-36-43-50-57-70(4)5)94-77(82)61-54-47-40-33-28-24-19-15-14-17-21-25-29-35-42-49-56-69(2)3/h69-74,79H,8-68H2,1-7H3,(H,84,85)(H,86,87)/t72-,73-,74-/m1/s1. The molecular weight excluding hydrogens is 1270 g/mol. The third kappa shape index (κ3) is 72.2. The Morgan fingerprint density at radius 2 is 0.474 bits per heavy atom. The fourth-order valence-corrected chi connectivity index (χ4v) is 13.5. The highest BCUT2D eigenvalue weighted by Gasteiger charge is 2.30. The summed E-state index contributed by atoms with van der Waals surface area (Å²) in [5, 5.41) is 10.6. The number of carbonyl (C=O) groups is 4. The number of rotatable bonds is 76. The lowest BCUT2D eigenvalue weighted by molar-refractivity contribution is -0.161. The van der Waals surface area contributed by atoms with Gasteiger partial charge in [0.05, 0.1) is 26.4 Å². The lowest BCUT2D eigenvalue weighted by Crippen LogP contribution is -2.30. The van der Waals surface area contributed by atoms with Gasteiger partial charge in [0.25, 0.3) is 0 Å². The summed E-state index contributed by atoms with van der Waals surface area (Å²) in [5.74, 6) is 0.194. The molecule has 5 atom stereocenters. The molecule has 0 bridgehead atoms. The Morgan fingerprint density at radius 1 is 0.278 bits per heavy atom. The average molecular weight is 1420 g/mol. The maximum Gasteiger partial charge on any atom is 0.472 e. The fraction of sp³-hybridized carbons (Fsp3) is 0.949. The van der Waals surface area contributed by atoms with E-state index in [-0.39, 0.29) is 25.7 Å². The summed E-state index contributed by atoms with van der Waals surface area (Å²) in [5.41, 5.74) is 0. The van der Waals surface area contributed by atoms with E-state index in [0.29, 0.717) is 31.6 Å². The number of unbranched alkanes of at least 4 members (excludes halogenated alkanes) is 44. The number of hydrogen-bond acceptors (Lipinski definition) is 15. The molecule has 0 aromatic rings. The largest absolute Gasteiger partial charge is 0.472 e. The van der Waals surface area contributed by atoms with Crippen LogP contribution in [0.4, 0.5) is 0 Å². The highest BCUT2D eigenvalue weighted by Crippen LogP contribution is 2.45. The van der Waals surface area contributed by atoms with Crippen molar-refractivity contribution < 1.29 is 80.2 Å². The highest BCUT2D eigenvalue weighted by molar-refractivity contribution is 7.47. The van der Waals surface area contributed by atoms with Crippen LogP contribution >= 0.6 is 15.6 Å². The zero-order valence-electron chi connectivity index (χ0n) is 63.5. The van der Waals surface area contributed by atoms with Crippen LogP contribution in [0, 0.1) is 17.8 Å². The van der Waals surface area contributed by atoms with Crippen LogP contribution in [-0.4, -0.2) is 96.7 Å². The molecule has 0 rings (SSSR count). The van der Waals surface area contributed by atoms with E-state index in [2.05, 4.69) is 48.5 Å². The monoisotopic (exact) mass is 1420 g/mol. The molecular formula is C78H152O17P2. The summed E-state index contributed by atoms with van der Waals surface area (Å²) >= 11 is 0. The summed E-state index contributed by atoms with van der Waals surface area (Å²) in [6.07, 6.45) is 55.6. The van der Waals surface area contributed by atoms with Gasteiger partial charge < -0.3 is 33.8 Å². The molecule has 0 aliphatic rings. The van der Waals surface area contributed by atoms with E-state index in [1.807, 2.05) is 0 Å². The second-order valence-corrected chi connectivity index (χ2v) is 32.4. The minimum Gasteiger partial charge on any atom is -0.462 e. The summed E-state index contributed by atoms with van der Waals surface area (Å²) in [6.45, 7) is 11.9. The first kappa shape index (κ1) is 95.1. The van der Waals surface area contributed by atoms with Gasteiger partial charge in [-0.3, -0.25) is 37.3 Å². The van der Waals surface area contributed by atoms with Gasteiger partial charge in [0.2, 0.25) is 0 Å². The van der Waals surface area contributed by atoms with Gasteiger partial charge in [0, 0.05) is 25.7 Å². The molecule has 0 heterocycles. The van der Waals surface area contributed by atoms with Crippen LogP contribution < -0.4 is 0 Å². The van der Waals surface area contributed by atoms with Crippen LogP contribution in [0.15, 0.2) is 0 Å². The minimum atomic E-state index is -4.96. The Labute approximate surface area is 594 Å². The number of aliphatic hydroxyl groups excluding tert-OH is 1. The molecule has 3 N–H and O–H groups in total. The number of ether oxygens (including phenoxy) is 4. The number of esters is 4. The van der Waals surface area contributed by atoms with Gasteiger partial charge in [-0.2, -0.15) is 0 Å². The smallest absolute Gasteiger partial charge is 0.462 e. The van der Waals surface area contributed by atoms with Crippen LogP contribution in [0.3, 0.4) is 0 Å². The molecule has 2 unspecified atom stereocenters. The molecule has 17 nitrogen and oxygen atoms in total. The zero-order valence-corrected chi connectivity index (χ0v) is 65.3. The topological polar surface area (TPSA) is 237 Å². The molecule has 0 radical (unpaired) electrons. The number of phosphoric acid groups is 2. The van der Waals surface area contributed by atoms with Crippen molar-refractivity contribution in [2.75, 3.05) is 39.6 Å². The molecule has 0 aliphatic heterocycles. The Kier molecular flexibility index (Phi) is 67.1. The Bertz CT molecular complexity index is 1890. The van der Waals surface area contributed by atoms with Crippen LogP contribution in [0.2, 0.25) is 0 Å². The second-order valence-electron chi connectivity index (χ2n) is 29.5. The predicted molar refractivity (Wildman–Crippen MR) is 395 cm³/mol. The summed E-state index contributed by atoms with van der Waals surface area (Å²) in [6, 6.07) is 0. The Balaban J connectivity index is 5.21. The maximum absolute atomic E-state index is 13.1. The first-order valence-corrected chi connectivity index (χ1v) is 43.3. The molecule has 0 fully saturated rings. The van der Waals surface area contributed by atoms with Crippen LogP contribution in [-0.2, 0) is 65.4 Å². The second kappa shape index (κ2) is 68.5. The SMILES string of the molecule is CCCCCCCCCCCCC(=O)OC[C@H](COP(=O)(O)OC[C@H](O)COP(=O)(O)OC[C@@H](COC(=O)CCCCCCCCCCCCCCCCCC(C)C)OC(=O)CCCCCCCCCCCCCCCCCCC(C)C)OC(=O)CCCCCCCCCC(C)C. The van der Waals surface area contributed by atoms with E-state index >= 15 is 0 Å². The number of aliphatic hydroxyl groups is 1. The first-order chi connectivity index (χ1) is 46.7. The lowest BCUT2D eigenvalue weighted by atomic mass is 10.0. The van der Waals surface area contributed by atoms with Gasteiger partial charge in [0.1, 0.15) is 19.3 Å². The van der Waals surface area contributed by atoms with Crippen molar-refractivity contribution in [3.8, 4) is 0 Å². The molecule has 576 valence electrons. The Morgan fingerprint density at radius 3 is 0.701 bits per heavy atom. The minimum absolute atomic E-state index is 0.104. The van der Waals surface area contributed by atoms with E-state index in [9.17, 15) is 43.2 Å². The van der Waals surface area contributed by atoms with Gasteiger partial charge in [-0.25, -0.2) is 9.13 Å². The molecule has 0 spiro atoms.